The molecular weight excluding hydrogens is 248 g/mol. The van der Waals surface area contributed by atoms with Crippen LogP contribution in [-0.4, -0.2) is 18.3 Å². The molecule has 18 heavy (non-hydrogen) atoms. The molecule has 96 valence electrons. The van der Waals surface area contributed by atoms with Gasteiger partial charge in [-0.2, -0.15) is 0 Å². The van der Waals surface area contributed by atoms with E-state index in [1.165, 1.54) is 11.1 Å². The number of fused-ring (bicyclic) bond motifs is 1. The highest BCUT2D eigenvalue weighted by atomic mass is 35.5. The van der Waals surface area contributed by atoms with E-state index in [1.807, 2.05) is 12.1 Å². The number of carbonyl (C=O) groups is 1. The van der Waals surface area contributed by atoms with Gasteiger partial charge in [-0.1, -0.05) is 26.0 Å². The first-order valence-corrected chi connectivity index (χ1v) is 6.94. The Bertz CT molecular complexity index is 507. The molecule has 3 rings (SSSR count). The Hall–Kier alpha value is -1.02. The first-order chi connectivity index (χ1) is 8.57. The fourth-order valence-corrected chi connectivity index (χ4v) is 3.61. The summed E-state index contributed by atoms with van der Waals surface area (Å²) in [5.41, 5.74) is 2.61. The van der Waals surface area contributed by atoms with Gasteiger partial charge in [-0.05, 0) is 17.0 Å². The van der Waals surface area contributed by atoms with E-state index in [0.29, 0.717) is 5.92 Å². The van der Waals surface area contributed by atoms with Crippen molar-refractivity contribution in [2.75, 3.05) is 12.5 Å². The van der Waals surface area contributed by atoms with E-state index in [9.17, 15) is 4.79 Å². The number of ether oxygens (including phenoxy) is 1. The van der Waals surface area contributed by atoms with Gasteiger partial charge in [0.05, 0.1) is 12.5 Å². The number of halogens is 1. The molecule has 0 bridgehead atoms. The Morgan fingerprint density at radius 3 is 3.00 bits per heavy atom. The number of Topliss-reactive ketones (excluding diaryl/α,β-unsaturated/α-hetero) is 1. The van der Waals surface area contributed by atoms with Crippen LogP contribution in [0.25, 0.3) is 0 Å². The fourth-order valence-electron chi connectivity index (χ4n) is 3.44. The molecule has 0 spiro atoms. The lowest BCUT2D eigenvalue weighted by Crippen LogP contribution is -2.06. The van der Waals surface area contributed by atoms with Crippen molar-refractivity contribution in [1.82, 2.24) is 0 Å². The van der Waals surface area contributed by atoms with E-state index < -0.39 is 0 Å². The van der Waals surface area contributed by atoms with Gasteiger partial charge in [-0.25, -0.2) is 0 Å². The molecule has 1 aromatic rings. The van der Waals surface area contributed by atoms with Crippen LogP contribution in [0.1, 0.15) is 30.9 Å². The Labute approximate surface area is 112 Å². The molecule has 0 radical (unpaired) electrons. The zero-order valence-corrected chi connectivity index (χ0v) is 11.5. The summed E-state index contributed by atoms with van der Waals surface area (Å²) < 4.78 is 5.60. The highest BCUT2D eigenvalue weighted by molar-refractivity contribution is 6.28. The largest absolute Gasteiger partial charge is 0.493 e. The molecule has 0 saturated heterocycles. The molecule has 1 fully saturated rings. The molecule has 1 heterocycles. The first kappa shape index (κ1) is 12.0. The normalized spacial score (nSPS) is 27.5. The molecule has 2 aliphatic rings. The summed E-state index contributed by atoms with van der Waals surface area (Å²) in [6.07, 6.45) is 0.958. The Kier molecular flexibility index (Phi) is 2.67. The lowest BCUT2D eigenvalue weighted by Gasteiger charge is -2.08. The van der Waals surface area contributed by atoms with E-state index in [1.54, 1.807) is 0 Å². The van der Waals surface area contributed by atoms with Crippen molar-refractivity contribution in [3.05, 3.63) is 29.3 Å². The first-order valence-electron chi connectivity index (χ1n) is 6.40. The van der Waals surface area contributed by atoms with Crippen LogP contribution in [0.4, 0.5) is 0 Å². The van der Waals surface area contributed by atoms with Crippen molar-refractivity contribution in [3.8, 4) is 5.75 Å². The van der Waals surface area contributed by atoms with E-state index >= 15 is 0 Å². The maximum absolute atomic E-state index is 11.9. The number of hydrogen-bond donors (Lipinski definition) is 0. The summed E-state index contributed by atoms with van der Waals surface area (Å²) in [5.74, 6) is 1.66. The Balaban J connectivity index is 1.98. The number of carbonyl (C=O) groups excluding carboxylic acids is 1. The van der Waals surface area contributed by atoms with Gasteiger partial charge in [0.15, 0.2) is 5.78 Å². The lowest BCUT2D eigenvalue weighted by atomic mass is 9.96. The van der Waals surface area contributed by atoms with Crippen molar-refractivity contribution >= 4 is 17.4 Å². The van der Waals surface area contributed by atoms with Gasteiger partial charge in [-0.3, -0.25) is 4.79 Å². The molecule has 3 heteroatoms. The van der Waals surface area contributed by atoms with Crippen molar-refractivity contribution in [1.29, 1.82) is 0 Å². The second kappa shape index (κ2) is 3.99. The van der Waals surface area contributed by atoms with Crippen molar-refractivity contribution in [3.63, 3.8) is 0 Å². The predicted molar refractivity (Wildman–Crippen MR) is 71.4 cm³/mol. The molecule has 1 aliphatic carbocycles. The van der Waals surface area contributed by atoms with Gasteiger partial charge in [-0.15, -0.1) is 11.6 Å². The Morgan fingerprint density at radius 2 is 2.28 bits per heavy atom. The Morgan fingerprint density at radius 1 is 1.50 bits per heavy atom. The third kappa shape index (κ3) is 1.58. The van der Waals surface area contributed by atoms with Gasteiger partial charge >= 0.3 is 0 Å². The van der Waals surface area contributed by atoms with E-state index in [4.69, 9.17) is 16.3 Å². The minimum atomic E-state index is 0.0314. The summed E-state index contributed by atoms with van der Waals surface area (Å²) in [4.78, 5) is 11.9. The molecule has 0 aromatic heterocycles. The number of hydrogen-bond acceptors (Lipinski definition) is 2. The average Bonchev–Trinajstić information content (AvgIpc) is 2.75. The molecule has 0 N–H and O–H groups in total. The highest BCUT2D eigenvalue weighted by Gasteiger charge is 2.62. The SMILES string of the molecule is CC1(C)C(C(=O)CCl)C1c1cccc2c1CCO2. The average molecular weight is 265 g/mol. The molecule has 2 unspecified atom stereocenters. The van der Waals surface area contributed by atoms with Crippen LogP contribution in [0.15, 0.2) is 18.2 Å². The lowest BCUT2D eigenvalue weighted by molar-refractivity contribution is -0.118. The van der Waals surface area contributed by atoms with Crippen LogP contribution >= 0.6 is 11.6 Å². The minimum absolute atomic E-state index is 0.0314. The van der Waals surface area contributed by atoms with Crippen LogP contribution in [-0.2, 0) is 11.2 Å². The van der Waals surface area contributed by atoms with E-state index in [0.717, 1.165) is 18.8 Å². The molecule has 1 aromatic carbocycles. The van der Waals surface area contributed by atoms with Gasteiger partial charge in [0.2, 0.25) is 0 Å². The quantitative estimate of drug-likeness (QED) is 0.784. The molecule has 2 nitrogen and oxygen atoms in total. The summed E-state index contributed by atoms with van der Waals surface area (Å²) in [5, 5.41) is 0. The zero-order chi connectivity index (χ0) is 12.9. The van der Waals surface area contributed by atoms with E-state index in [-0.39, 0.29) is 23.0 Å². The second-order valence-electron chi connectivity index (χ2n) is 5.80. The third-order valence-corrected chi connectivity index (χ3v) is 4.68. The summed E-state index contributed by atoms with van der Waals surface area (Å²) in [6.45, 7) is 5.07. The van der Waals surface area contributed by atoms with Crippen molar-refractivity contribution in [2.24, 2.45) is 11.3 Å². The fraction of sp³-hybridized carbons (Fsp3) is 0.533. The standard InChI is InChI=1S/C15H17ClO2/c1-15(2)13(14(15)11(17)8-16)10-4-3-5-12-9(10)6-7-18-12/h3-5,13-14H,6-8H2,1-2H3. The summed E-state index contributed by atoms with van der Waals surface area (Å²) in [7, 11) is 0. The molecule has 0 amide bonds. The van der Waals surface area contributed by atoms with Gasteiger partial charge in [0.1, 0.15) is 5.75 Å². The number of rotatable bonds is 3. The third-order valence-electron chi connectivity index (χ3n) is 4.42. The smallest absolute Gasteiger partial charge is 0.151 e. The maximum Gasteiger partial charge on any atom is 0.151 e. The summed E-state index contributed by atoms with van der Waals surface area (Å²) >= 11 is 5.71. The number of benzene rings is 1. The molecule has 1 aliphatic heterocycles. The van der Waals surface area contributed by atoms with Crippen LogP contribution in [0, 0.1) is 11.3 Å². The second-order valence-corrected chi connectivity index (χ2v) is 6.07. The van der Waals surface area contributed by atoms with Crippen molar-refractivity contribution in [2.45, 2.75) is 26.2 Å². The zero-order valence-electron chi connectivity index (χ0n) is 10.7. The molecular formula is C15H17ClO2. The van der Waals surface area contributed by atoms with Gasteiger partial charge in [0.25, 0.3) is 0 Å². The van der Waals surface area contributed by atoms with Crippen molar-refractivity contribution < 1.29 is 9.53 Å². The van der Waals surface area contributed by atoms with Gasteiger partial charge in [0, 0.05) is 23.8 Å². The highest BCUT2D eigenvalue weighted by Crippen LogP contribution is 2.65. The van der Waals surface area contributed by atoms with E-state index in [2.05, 4.69) is 19.9 Å². The van der Waals surface area contributed by atoms with Crippen LogP contribution in [0.3, 0.4) is 0 Å². The van der Waals surface area contributed by atoms with Crippen LogP contribution in [0.5, 0.6) is 5.75 Å². The maximum atomic E-state index is 11.9. The summed E-state index contributed by atoms with van der Waals surface area (Å²) in [6, 6.07) is 6.18. The van der Waals surface area contributed by atoms with Gasteiger partial charge < -0.3 is 4.74 Å². The number of ketones is 1. The van der Waals surface area contributed by atoms with Crippen LogP contribution in [0.2, 0.25) is 0 Å². The topological polar surface area (TPSA) is 26.3 Å². The monoisotopic (exact) mass is 264 g/mol. The van der Waals surface area contributed by atoms with Crippen LogP contribution < -0.4 is 4.74 Å². The molecule has 2 atom stereocenters. The number of alkyl halides is 1. The minimum Gasteiger partial charge on any atom is -0.493 e. The predicted octanol–water partition coefficient (Wildman–Crippen LogP) is 3.17. The molecule has 1 saturated carbocycles.